The van der Waals surface area contributed by atoms with Gasteiger partial charge in [0.2, 0.25) is 5.91 Å². The monoisotopic (exact) mass is 453 g/mol. The summed E-state index contributed by atoms with van der Waals surface area (Å²) in [7, 11) is -3.65. The van der Waals surface area contributed by atoms with E-state index >= 15 is 0 Å². The van der Waals surface area contributed by atoms with Crippen LogP contribution < -0.4 is 0 Å². The zero-order chi connectivity index (χ0) is 22.1. The first-order valence-electron chi connectivity index (χ1n) is 11.1. The second kappa shape index (κ2) is 8.63. The summed E-state index contributed by atoms with van der Waals surface area (Å²) in [4.78, 5) is 24.0. The summed E-state index contributed by atoms with van der Waals surface area (Å²) in [6, 6.07) is 11.0. The summed E-state index contributed by atoms with van der Waals surface area (Å²) in [5, 5.41) is 0. The van der Waals surface area contributed by atoms with Crippen molar-refractivity contribution < 1.29 is 13.2 Å². The van der Waals surface area contributed by atoms with Crippen LogP contribution in [-0.4, -0.2) is 79.1 Å². The summed E-state index contributed by atoms with van der Waals surface area (Å²) in [6.07, 6.45) is 5.34. The van der Waals surface area contributed by atoms with Crippen molar-refractivity contribution in [2.75, 3.05) is 39.3 Å². The molecule has 0 N–H and O–H groups in total. The fraction of sp³-hybridized carbons (Fsp3) is 0.435. The van der Waals surface area contributed by atoms with Gasteiger partial charge in [-0.05, 0) is 36.6 Å². The number of hydrogen-bond donors (Lipinski definition) is 0. The van der Waals surface area contributed by atoms with E-state index in [9.17, 15) is 13.2 Å². The molecule has 0 spiro atoms. The number of sulfonamides is 1. The Balaban J connectivity index is 1.22. The molecule has 2 saturated heterocycles. The molecule has 1 aromatic heterocycles. The van der Waals surface area contributed by atoms with Crippen LogP contribution in [0.3, 0.4) is 0 Å². The predicted molar refractivity (Wildman–Crippen MR) is 121 cm³/mol. The van der Waals surface area contributed by atoms with Gasteiger partial charge in [0.25, 0.3) is 10.0 Å². The maximum atomic E-state index is 13.3. The Morgan fingerprint density at radius 1 is 1.03 bits per heavy atom. The quantitative estimate of drug-likeness (QED) is 0.702. The topological polar surface area (TPSA) is 86.2 Å². The highest BCUT2D eigenvalue weighted by Crippen LogP contribution is 2.30. The predicted octanol–water partition coefficient (Wildman–Crippen LogP) is 1.59. The van der Waals surface area contributed by atoms with Crippen LogP contribution in [0.5, 0.6) is 0 Å². The van der Waals surface area contributed by atoms with Gasteiger partial charge < -0.3 is 9.80 Å². The van der Waals surface area contributed by atoms with Gasteiger partial charge in [-0.25, -0.2) is 0 Å². The molecule has 168 valence electrons. The molecule has 0 saturated carbocycles. The van der Waals surface area contributed by atoms with Crippen molar-refractivity contribution in [3.8, 4) is 0 Å². The van der Waals surface area contributed by atoms with E-state index in [1.807, 2.05) is 28.1 Å². The molecular weight excluding hydrogens is 426 g/mol. The number of fused-ring (bicyclic) bond motifs is 1. The Bertz CT molecular complexity index is 1130. The van der Waals surface area contributed by atoms with E-state index in [2.05, 4.69) is 20.3 Å². The number of piperazine rings is 1. The van der Waals surface area contributed by atoms with Crippen LogP contribution in [0.15, 0.2) is 58.1 Å². The van der Waals surface area contributed by atoms with Gasteiger partial charge in [-0.2, -0.15) is 8.42 Å². The Morgan fingerprint density at radius 2 is 1.84 bits per heavy atom. The largest absolute Gasteiger partial charge is 0.355 e. The minimum atomic E-state index is -3.65. The SMILES string of the molecule is O=C(C1CCCN(C2=NS(=O)(=O)c3ccccc32)C1)N1CCN(Cc2cccnc2)CC1. The summed E-state index contributed by atoms with van der Waals surface area (Å²) in [6.45, 7) is 5.19. The Kier molecular flexibility index (Phi) is 5.69. The highest BCUT2D eigenvalue weighted by atomic mass is 32.2. The first-order chi connectivity index (χ1) is 15.5. The van der Waals surface area contributed by atoms with Gasteiger partial charge >= 0.3 is 0 Å². The number of nitrogens with zero attached hydrogens (tertiary/aromatic N) is 5. The fourth-order valence-electron chi connectivity index (χ4n) is 4.82. The zero-order valence-electron chi connectivity index (χ0n) is 17.9. The van der Waals surface area contributed by atoms with Gasteiger partial charge in [0.15, 0.2) is 5.84 Å². The van der Waals surface area contributed by atoms with Gasteiger partial charge in [0, 0.05) is 63.8 Å². The van der Waals surface area contributed by atoms with Crippen molar-refractivity contribution in [3.63, 3.8) is 0 Å². The van der Waals surface area contributed by atoms with Crippen molar-refractivity contribution in [1.82, 2.24) is 19.7 Å². The minimum absolute atomic E-state index is 0.133. The molecule has 1 unspecified atom stereocenters. The van der Waals surface area contributed by atoms with E-state index in [0.29, 0.717) is 37.6 Å². The Morgan fingerprint density at radius 3 is 2.62 bits per heavy atom. The summed E-state index contributed by atoms with van der Waals surface area (Å²) in [5.41, 5.74) is 1.83. The molecule has 3 aliphatic heterocycles. The Labute approximate surface area is 188 Å². The molecule has 9 heteroatoms. The minimum Gasteiger partial charge on any atom is -0.355 e. The van der Waals surface area contributed by atoms with E-state index in [1.165, 1.54) is 5.56 Å². The van der Waals surface area contributed by atoms with E-state index in [1.54, 1.807) is 24.4 Å². The number of carbonyl (C=O) groups is 1. The van der Waals surface area contributed by atoms with Gasteiger partial charge in [0.1, 0.15) is 4.90 Å². The Hall–Kier alpha value is -2.78. The van der Waals surface area contributed by atoms with Crippen LogP contribution in [-0.2, 0) is 21.4 Å². The maximum Gasteiger partial charge on any atom is 0.285 e. The third kappa shape index (κ3) is 4.14. The molecular formula is C23H27N5O3S. The van der Waals surface area contributed by atoms with Crippen molar-refractivity contribution in [2.24, 2.45) is 10.3 Å². The lowest BCUT2D eigenvalue weighted by molar-refractivity contribution is -0.138. The molecule has 2 fully saturated rings. The first-order valence-corrected chi connectivity index (χ1v) is 12.5. The highest BCUT2D eigenvalue weighted by molar-refractivity contribution is 7.90. The third-order valence-electron chi connectivity index (χ3n) is 6.50. The number of carbonyl (C=O) groups excluding carboxylic acids is 1. The van der Waals surface area contributed by atoms with E-state index in [4.69, 9.17) is 0 Å². The average molecular weight is 454 g/mol. The molecule has 8 nitrogen and oxygen atoms in total. The number of hydrogen-bond acceptors (Lipinski definition) is 6. The number of piperidine rings is 1. The fourth-order valence-corrected chi connectivity index (χ4v) is 6.05. The number of likely N-dealkylation sites (tertiary alicyclic amines) is 1. The van der Waals surface area contributed by atoms with E-state index < -0.39 is 10.0 Å². The second-order valence-corrected chi connectivity index (χ2v) is 10.2. The number of aromatic nitrogens is 1. The molecule has 4 heterocycles. The van der Waals surface area contributed by atoms with Crippen molar-refractivity contribution in [2.45, 2.75) is 24.3 Å². The number of benzene rings is 1. The molecule has 0 bridgehead atoms. The van der Waals surface area contributed by atoms with E-state index in [0.717, 1.165) is 32.5 Å². The normalized spacial score (nSPS) is 23.0. The van der Waals surface area contributed by atoms with E-state index in [-0.39, 0.29) is 16.7 Å². The number of amidine groups is 1. The summed E-state index contributed by atoms with van der Waals surface area (Å²) >= 11 is 0. The van der Waals surface area contributed by atoms with Gasteiger partial charge in [0.05, 0.1) is 5.92 Å². The number of amides is 1. The van der Waals surface area contributed by atoms with Gasteiger partial charge in [-0.3, -0.25) is 14.7 Å². The lowest BCUT2D eigenvalue weighted by Gasteiger charge is -2.39. The first kappa shape index (κ1) is 21.1. The molecule has 0 radical (unpaired) electrons. The lowest BCUT2D eigenvalue weighted by atomic mass is 9.95. The van der Waals surface area contributed by atoms with Gasteiger partial charge in [-0.15, -0.1) is 4.40 Å². The number of rotatable bonds is 3. The van der Waals surface area contributed by atoms with Crippen LogP contribution in [0.1, 0.15) is 24.0 Å². The van der Waals surface area contributed by atoms with Crippen LogP contribution in [0.2, 0.25) is 0 Å². The maximum absolute atomic E-state index is 13.3. The van der Waals surface area contributed by atoms with Crippen molar-refractivity contribution >= 4 is 21.8 Å². The summed E-state index contributed by atoms with van der Waals surface area (Å²) in [5.74, 6) is 0.525. The second-order valence-electron chi connectivity index (χ2n) is 8.63. The number of pyridine rings is 1. The van der Waals surface area contributed by atoms with Crippen LogP contribution in [0.25, 0.3) is 0 Å². The van der Waals surface area contributed by atoms with Crippen molar-refractivity contribution in [3.05, 3.63) is 59.9 Å². The zero-order valence-corrected chi connectivity index (χ0v) is 18.7. The molecule has 0 aliphatic carbocycles. The molecule has 32 heavy (non-hydrogen) atoms. The standard InChI is InChI=1S/C23H27N5O3S/c29-23(27-13-11-26(12-14-27)16-18-5-3-9-24-15-18)19-6-4-10-28(17-19)22-20-7-1-2-8-21(20)32(30,31)25-22/h1-3,5,7-9,15,19H,4,6,10-14,16-17H2. The smallest absolute Gasteiger partial charge is 0.285 e. The molecule has 1 atom stereocenters. The van der Waals surface area contributed by atoms with Crippen LogP contribution >= 0.6 is 0 Å². The lowest BCUT2D eigenvalue weighted by Crippen LogP contribution is -2.52. The highest BCUT2D eigenvalue weighted by Gasteiger charge is 2.36. The summed E-state index contributed by atoms with van der Waals surface area (Å²) < 4.78 is 28.9. The van der Waals surface area contributed by atoms with Gasteiger partial charge in [-0.1, -0.05) is 18.2 Å². The molecule has 3 aliphatic rings. The third-order valence-corrected chi connectivity index (χ3v) is 7.82. The molecule has 1 aromatic carbocycles. The van der Waals surface area contributed by atoms with Crippen LogP contribution in [0.4, 0.5) is 0 Å². The average Bonchev–Trinajstić information content (AvgIpc) is 3.11. The molecule has 1 amide bonds. The molecule has 5 rings (SSSR count). The van der Waals surface area contributed by atoms with Crippen LogP contribution in [0, 0.1) is 5.92 Å². The van der Waals surface area contributed by atoms with Crippen molar-refractivity contribution in [1.29, 1.82) is 0 Å². The molecule has 2 aromatic rings.